The molecule has 2 fully saturated rings. The van der Waals surface area contributed by atoms with Gasteiger partial charge in [0.05, 0.1) is 19.8 Å². The molecule has 0 saturated carbocycles. The van der Waals surface area contributed by atoms with Gasteiger partial charge in [-0.1, -0.05) is 26.2 Å². The van der Waals surface area contributed by atoms with Crippen LogP contribution < -0.4 is 0 Å². The van der Waals surface area contributed by atoms with Gasteiger partial charge in [0.2, 0.25) is 5.91 Å². The molecule has 0 aromatic carbocycles. The number of unbranched alkanes of at least 4 members (excludes halogenated alkanes) is 3. The first-order valence-corrected chi connectivity index (χ1v) is 11.9. The molecule has 1 aromatic rings. The molecule has 0 radical (unpaired) electrons. The van der Waals surface area contributed by atoms with Gasteiger partial charge in [-0.15, -0.1) is 12.4 Å². The van der Waals surface area contributed by atoms with E-state index < -0.39 is 0 Å². The third kappa shape index (κ3) is 8.37. The summed E-state index contributed by atoms with van der Waals surface area (Å²) >= 11 is 0. The number of nitrogens with zero attached hydrogens (tertiary/aromatic N) is 4. The summed E-state index contributed by atoms with van der Waals surface area (Å²) in [5, 5.41) is 0. The van der Waals surface area contributed by atoms with E-state index in [-0.39, 0.29) is 30.8 Å². The largest absolute Gasteiger partial charge is 0.464 e. The van der Waals surface area contributed by atoms with Crippen LogP contribution >= 0.6 is 12.4 Å². The van der Waals surface area contributed by atoms with Gasteiger partial charge in [-0.2, -0.15) is 0 Å². The Morgan fingerprint density at radius 1 is 1.12 bits per heavy atom. The third-order valence-electron chi connectivity index (χ3n) is 6.30. The maximum atomic E-state index is 12.7. The Morgan fingerprint density at radius 2 is 1.88 bits per heavy atom. The number of esters is 1. The minimum atomic E-state index is -0.243. The van der Waals surface area contributed by atoms with Crippen molar-refractivity contribution in [2.75, 3.05) is 46.0 Å². The number of carbonyl (C=O) groups is 2. The third-order valence-corrected chi connectivity index (χ3v) is 6.30. The summed E-state index contributed by atoms with van der Waals surface area (Å²) in [6.07, 6.45) is 10.8. The van der Waals surface area contributed by atoms with Gasteiger partial charge in [0.1, 0.15) is 12.4 Å². The lowest BCUT2D eigenvalue weighted by molar-refractivity contribution is -0.144. The molecule has 0 spiro atoms. The Hall–Kier alpha value is -1.64. The molecule has 2 aliphatic heterocycles. The molecule has 9 heteroatoms. The first-order chi connectivity index (χ1) is 15.2. The molecule has 0 aliphatic carbocycles. The number of hydrogen-bond donors (Lipinski definition) is 0. The molecular weight excluding hydrogens is 432 g/mol. The summed E-state index contributed by atoms with van der Waals surface area (Å²) in [4.78, 5) is 33.6. The van der Waals surface area contributed by atoms with Crippen molar-refractivity contribution in [3.05, 3.63) is 18.2 Å². The SMILES string of the molecule is CCCCCCOC(=O)Cn1ccnc1CCC(=O)N1CCC(N2CCOCC2)CC1.Cl. The van der Waals surface area contributed by atoms with E-state index >= 15 is 0 Å². The van der Waals surface area contributed by atoms with E-state index in [1.165, 1.54) is 6.42 Å². The Kier molecular flexibility index (Phi) is 12.1. The summed E-state index contributed by atoms with van der Waals surface area (Å²) in [5.74, 6) is 0.695. The maximum Gasteiger partial charge on any atom is 0.325 e. The van der Waals surface area contributed by atoms with E-state index in [1.807, 2.05) is 4.90 Å². The lowest BCUT2D eigenvalue weighted by atomic mass is 10.0. The number of ether oxygens (including phenoxy) is 2. The molecule has 1 aromatic heterocycles. The molecule has 0 N–H and O–H groups in total. The number of piperidine rings is 1. The molecule has 0 unspecified atom stereocenters. The summed E-state index contributed by atoms with van der Waals surface area (Å²) in [6.45, 7) is 8.06. The number of morpholine rings is 1. The van der Waals surface area contributed by atoms with Crippen LogP contribution in [-0.2, 0) is 32.0 Å². The van der Waals surface area contributed by atoms with Crippen LogP contribution in [0.1, 0.15) is 57.7 Å². The smallest absolute Gasteiger partial charge is 0.325 e. The highest BCUT2D eigenvalue weighted by atomic mass is 35.5. The van der Waals surface area contributed by atoms with Crippen LogP contribution in [0.5, 0.6) is 0 Å². The average Bonchev–Trinajstić information content (AvgIpc) is 3.24. The molecular formula is C23H39ClN4O4. The summed E-state index contributed by atoms with van der Waals surface area (Å²) in [6, 6.07) is 0.569. The van der Waals surface area contributed by atoms with Crippen LogP contribution in [0.25, 0.3) is 0 Å². The fraction of sp³-hybridized carbons (Fsp3) is 0.783. The van der Waals surface area contributed by atoms with Crippen molar-refractivity contribution < 1.29 is 19.1 Å². The second-order valence-electron chi connectivity index (χ2n) is 8.51. The number of halogens is 1. The zero-order valence-electron chi connectivity index (χ0n) is 19.4. The van der Waals surface area contributed by atoms with Crippen molar-refractivity contribution in [3.8, 4) is 0 Å². The van der Waals surface area contributed by atoms with Gasteiger partial charge in [-0.05, 0) is 19.3 Å². The first-order valence-electron chi connectivity index (χ1n) is 11.9. The summed E-state index contributed by atoms with van der Waals surface area (Å²) < 4.78 is 12.6. The molecule has 32 heavy (non-hydrogen) atoms. The molecule has 8 nitrogen and oxygen atoms in total. The molecule has 3 rings (SSSR count). The summed E-state index contributed by atoms with van der Waals surface area (Å²) in [7, 11) is 0. The highest BCUT2D eigenvalue weighted by Crippen LogP contribution is 2.18. The predicted octanol–water partition coefficient (Wildman–Crippen LogP) is 2.68. The monoisotopic (exact) mass is 470 g/mol. The Morgan fingerprint density at radius 3 is 2.59 bits per heavy atom. The quantitative estimate of drug-likeness (QED) is 0.365. The van der Waals surface area contributed by atoms with Crippen LogP contribution in [0.3, 0.4) is 0 Å². The minimum Gasteiger partial charge on any atom is -0.464 e. The number of rotatable bonds is 11. The van der Waals surface area contributed by atoms with Crippen LogP contribution in [0, 0.1) is 0 Å². The van der Waals surface area contributed by atoms with Crippen molar-refractivity contribution in [3.63, 3.8) is 0 Å². The van der Waals surface area contributed by atoms with Gasteiger partial charge >= 0.3 is 5.97 Å². The van der Waals surface area contributed by atoms with Crippen LogP contribution in [0.4, 0.5) is 0 Å². The van der Waals surface area contributed by atoms with Crippen molar-refractivity contribution in [2.24, 2.45) is 0 Å². The minimum absolute atomic E-state index is 0. The Bertz CT molecular complexity index is 685. The van der Waals surface area contributed by atoms with Crippen LogP contribution in [-0.4, -0.2) is 83.3 Å². The number of likely N-dealkylation sites (tertiary alicyclic amines) is 1. The van der Waals surface area contributed by atoms with E-state index in [4.69, 9.17) is 9.47 Å². The molecule has 3 heterocycles. The van der Waals surface area contributed by atoms with E-state index in [0.29, 0.717) is 25.5 Å². The molecule has 0 atom stereocenters. The van der Waals surface area contributed by atoms with Gasteiger partial charge in [0.25, 0.3) is 0 Å². The van der Waals surface area contributed by atoms with Crippen LogP contribution in [0.15, 0.2) is 12.4 Å². The normalized spacial score (nSPS) is 17.7. The topological polar surface area (TPSA) is 76.9 Å². The van der Waals surface area contributed by atoms with Crippen molar-refractivity contribution in [1.29, 1.82) is 0 Å². The van der Waals surface area contributed by atoms with Crippen LogP contribution in [0.2, 0.25) is 0 Å². The zero-order chi connectivity index (χ0) is 21.9. The number of carbonyl (C=O) groups excluding carboxylic acids is 2. The van der Waals surface area contributed by atoms with Gasteiger partial charge < -0.3 is 18.9 Å². The lowest BCUT2D eigenvalue weighted by Gasteiger charge is -2.40. The molecule has 2 saturated heterocycles. The number of hydrogen-bond acceptors (Lipinski definition) is 6. The predicted molar refractivity (Wildman–Crippen MR) is 125 cm³/mol. The second kappa shape index (κ2) is 14.5. The zero-order valence-corrected chi connectivity index (χ0v) is 20.2. The van der Waals surface area contributed by atoms with Gasteiger partial charge in [0, 0.05) is 57.5 Å². The molecule has 0 bridgehead atoms. The van der Waals surface area contributed by atoms with Crippen molar-refractivity contribution in [1.82, 2.24) is 19.4 Å². The molecule has 2 aliphatic rings. The van der Waals surface area contributed by atoms with Gasteiger partial charge in [-0.25, -0.2) is 4.98 Å². The second-order valence-corrected chi connectivity index (χ2v) is 8.51. The van der Waals surface area contributed by atoms with E-state index in [9.17, 15) is 9.59 Å². The molecule has 182 valence electrons. The van der Waals surface area contributed by atoms with Gasteiger partial charge in [0.15, 0.2) is 0 Å². The van der Waals surface area contributed by atoms with Gasteiger partial charge in [-0.3, -0.25) is 14.5 Å². The summed E-state index contributed by atoms with van der Waals surface area (Å²) in [5.41, 5.74) is 0. The lowest BCUT2D eigenvalue weighted by Crippen LogP contribution is -2.50. The fourth-order valence-electron chi connectivity index (χ4n) is 4.41. The highest BCUT2D eigenvalue weighted by molar-refractivity contribution is 5.85. The standard InChI is InChI=1S/C23H38N4O4.ClH/c1-2-3-4-5-16-31-23(29)19-27-13-10-24-21(27)6-7-22(28)26-11-8-20(9-12-26)25-14-17-30-18-15-25;/h10,13,20H,2-9,11-12,14-19H2,1H3;1H. The van der Waals surface area contributed by atoms with Crippen molar-refractivity contribution >= 4 is 24.3 Å². The Labute approximate surface area is 198 Å². The average molecular weight is 471 g/mol. The number of imidazole rings is 1. The fourth-order valence-corrected chi connectivity index (χ4v) is 4.41. The van der Waals surface area contributed by atoms with E-state index in [2.05, 4.69) is 16.8 Å². The Balaban J connectivity index is 0.00000363. The first kappa shape index (κ1) is 26.6. The van der Waals surface area contributed by atoms with E-state index in [1.54, 1.807) is 17.0 Å². The van der Waals surface area contributed by atoms with Crippen molar-refractivity contribution in [2.45, 2.75) is 70.9 Å². The highest BCUT2D eigenvalue weighted by Gasteiger charge is 2.27. The molecule has 1 amide bonds. The maximum absolute atomic E-state index is 12.7. The number of aromatic nitrogens is 2. The van der Waals surface area contributed by atoms with E-state index in [0.717, 1.165) is 77.3 Å². The number of aryl methyl sites for hydroxylation is 1. The number of amides is 1.